The third-order valence-electron chi connectivity index (χ3n) is 2.56. The van der Waals surface area contributed by atoms with Crippen LogP contribution in [0.25, 0.3) is 0 Å². The molecule has 0 spiro atoms. The van der Waals surface area contributed by atoms with Gasteiger partial charge in [-0.15, -0.1) is 0 Å². The van der Waals surface area contributed by atoms with Gasteiger partial charge in [-0.05, 0) is 40.5 Å². The number of halogens is 1. The number of esters is 1. The van der Waals surface area contributed by atoms with Crippen molar-refractivity contribution in [2.24, 2.45) is 0 Å². The molecule has 0 amide bonds. The van der Waals surface area contributed by atoms with Crippen LogP contribution in [0.5, 0.6) is 0 Å². The Balaban J connectivity index is 2.29. The predicted molar refractivity (Wildman–Crippen MR) is 79.7 cm³/mol. The molecular weight excluding hydrogens is 340 g/mol. The molecule has 0 bridgehead atoms. The Hall–Kier alpha value is -1.71. The van der Waals surface area contributed by atoms with Crippen LogP contribution in [0, 0.1) is 11.3 Å². The Morgan fingerprint density at radius 2 is 2.35 bits per heavy atom. The van der Waals surface area contributed by atoms with Gasteiger partial charge in [-0.25, -0.2) is 9.78 Å². The molecule has 0 atom stereocenters. The average molecular weight is 351 g/mol. The van der Waals surface area contributed by atoms with Crippen molar-refractivity contribution in [2.75, 3.05) is 6.61 Å². The fourth-order valence-electron chi connectivity index (χ4n) is 1.74. The highest BCUT2D eigenvalue weighted by Gasteiger charge is 2.18. The molecule has 0 aliphatic carbocycles. The molecule has 0 unspecified atom stereocenters. The standard InChI is InChI=1S/C14H11BrN2O2S/c1-2-19-13(18)12-11(17-14(15)20-12)7-9-4-3-5-10(6-9)8-16/h3-6H,2,7H2,1H3. The molecule has 0 radical (unpaired) electrons. The van der Waals surface area contributed by atoms with E-state index < -0.39 is 0 Å². The summed E-state index contributed by atoms with van der Waals surface area (Å²) in [6.07, 6.45) is 0.492. The summed E-state index contributed by atoms with van der Waals surface area (Å²) < 4.78 is 5.67. The van der Waals surface area contributed by atoms with Gasteiger partial charge in [0.1, 0.15) is 4.88 Å². The van der Waals surface area contributed by atoms with Gasteiger partial charge in [-0.2, -0.15) is 5.26 Å². The minimum absolute atomic E-state index is 0.331. The zero-order chi connectivity index (χ0) is 14.5. The number of aromatic nitrogens is 1. The molecular formula is C14H11BrN2O2S. The van der Waals surface area contributed by atoms with Gasteiger partial charge in [0.25, 0.3) is 0 Å². The monoisotopic (exact) mass is 350 g/mol. The highest BCUT2D eigenvalue weighted by Crippen LogP contribution is 2.26. The summed E-state index contributed by atoms with van der Waals surface area (Å²) in [6.45, 7) is 2.10. The summed E-state index contributed by atoms with van der Waals surface area (Å²) in [5.74, 6) is -0.359. The molecule has 0 saturated heterocycles. The van der Waals surface area contributed by atoms with E-state index in [0.717, 1.165) is 5.56 Å². The normalized spacial score (nSPS) is 10.1. The van der Waals surface area contributed by atoms with Crippen LogP contribution in [-0.4, -0.2) is 17.6 Å². The number of rotatable bonds is 4. The number of hydrogen-bond acceptors (Lipinski definition) is 5. The van der Waals surface area contributed by atoms with E-state index in [9.17, 15) is 4.79 Å². The highest BCUT2D eigenvalue weighted by atomic mass is 79.9. The second kappa shape index (κ2) is 6.64. The van der Waals surface area contributed by atoms with Crippen molar-refractivity contribution in [1.29, 1.82) is 5.26 Å². The Morgan fingerprint density at radius 3 is 3.05 bits per heavy atom. The second-order valence-corrected chi connectivity index (χ2v) is 6.23. The Kier molecular flexibility index (Phi) is 4.88. The maximum absolute atomic E-state index is 11.9. The van der Waals surface area contributed by atoms with Gasteiger partial charge >= 0.3 is 5.97 Å². The number of thiazole rings is 1. The van der Waals surface area contributed by atoms with Crippen molar-refractivity contribution in [3.8, 4) is 6.07 Å². The van der Waals surface area contributed by atoms with E-state index in [0.29, 0.717) is 33.1 Å². The predicted octanol–water partition coefficient (Wildman–Crippen LogP) is 3.54. The van der Waals surface area contributed by atoms with Gasteiger partial charge in [0.05, 0.1) is 23.9 Å². The molecule has 0 saturated carbocycles. The summed E-state index contributed by atoms with van der Waals surface area (Å²) >= 11 is 4.55. The van der Waals surface area contributed by atoms with E-state index in [-0.39, 0.29) is 5.97 Å². The lowest BCUT2D eigenvalue weighted by Gasteiger charge is -2.03. The summed E-state index contributed by atoms with van der Waals surface area (Å²) in [5.41, 5.74) is 2.19. The molecule has 102 valence electrons. The van der Waals surface area contributed by atoms with Crippen molar-refractivity contribution >= 4 is 33.2 Å². The quantitative estimate of drug-likeness (QED) is 0.791. The van der Waals surface area contributed by atoms with E-state index in [1.165, 1.54) is 11.3 Å². The van der Waals surface area contributed by atoms with Gasteiger partial charge in [0.2, 0.25) is 0 Å². The Labute approximate surface area is 129 Å². The number of hydrogen-bond donors (Lipinski definition) is 0. The first-order valence-electron chi connectivity index (χ1n) is 5.95. The molecule has 1 aromatic carbocycles. The molecule has 20 heavy (non-hydrogen) atoms. The fraction of sp³-hybridized carbons (Fsp3) is 0.214. The summed E-state index contributed by atoms with van der Waals surface area (Å²) in [4.78, 5) is 16.7. The molecule has 4 nitrogen and oxygen atoms in total. The van der Waals surface area contributed by atoms with Crippen molar-refractivity contribution in [2.45, 2.75) is 13.3 Å². The number of nitrogens with zero attached hydrogens (tertiary/aromatic N) is 2. The number of carbonyl (C=O) groups is 1. The lowest BCUT2D eigenvalue weighted by atomic mass is 10.1. The number of benzene rings is 1. The SMILES string of the molecule is CCOC(=O)c1sc(Br)nc1Cc1cccc(C#N)c1. The van der Waals surface area contributed by atoms with Crippen molar-refractivity contribution < 1.29 is 9.53 Å². The van der Waals surface area contributed by atoms with Crippen LogP contribution >= 0.6 is 27.3 Å². The Morgan fingerprint density at radius 1 is 1.55 bits per heavy atom. The molecule has 2 rings (SSSR count). The molecule has 0 N–H and O–H groups in total. The largest absolute Gasteiger partial charge is 0.462 e. The lowest BCUT2D eigenvalue weighted by Crippen LogP contribution is -2.06. The zero-order valence-corrected chi connectivity index (χ0v) is 13.1. The van der Waals surface area contributed by atoms with Crippen LogP contribution in [-0.2, 0) is 11.2 Å². The topological polar surface area (TPSA) is 63.0 Å². The maximum Gasteiger partial charge on any atom is 0.350 e. The third-order valence-corrected chi connectivity index (χ3v) is 4.09. The van der Waals surface area contributed by atoms with Crippen LogP contribution < -0.4 is 0 Å². The average Bonchev–Trinajstić information content (AvgIpc) is 2.80. The van der Waals surface area contributed by atoms with Crippen molar-refractivity contribution in [3.05, 3.63) is 49.9 Å². The van der Waals surface area contributed by atoms with Crippen molar-refractivity contribution in [3.63, 3.8) is 0 Å². The summed E-state index contributed by atoms with van der Waals surface area (Å²) in [7, 11) is 0. The van der Waals surface area contributed by atoms with E-state index >= 15 is 0 Å². The van der Waals surface area contributed by atoms with Crippen molar-refractivity contribution in [1.82, 2.24) is 4.98 Å². The molecule has 6 heteroatoms. The minimum atomic E-state index is -0.359. The number of carbonyl (C=O) groups excluding carboxylic acids is 1. The lowest BCUT2D eigenvalue weighted by molar-refractivity contribution is 0.0530. The van der Waals surface area contributed by atoms with Gasteiger partial charge in [-0.3, -0.25) is 0 Å². The van der Waals surface area contributed by atoms with Gasteiger partial charge in [0.15, 0.2) is 3.92 Å². The van der Waals surface area contributed by atoms with Gasteiger partial charge < -0.3 is 4.74 Å². The Bertz CT molecular complexity index is 676. The second-order valence-electron chi connectivity index (χ2n) is 3.95. The number of nitriles is 1. The smallest absolute Gasteiger partial charge is 0.350 e. The van der Waals surface area contributed by atoms with E-state index in [2.05, 4.69) is 27.0 Å². The van der Waals surface area contributed by atoms with Crippen LogP contribution in [0.1, 0.15) is 33.4 Å². The van der Waals surface area contributed by atoms with Crippen LogP contribution in [0.15, 0.2) is 28.2 Å². The van der Waals surface area contributed by atoms with Crippen LogP contribution in [0.4, 0.5) is 0 Å². The van der Waals surface area contributed by atoms with Gasteiger partial charge in [-0.1, -0.05) is 23.5 Å². The minimum Gasteiger partial charge on any atom is -0.462 e. The maximum atomic E-state index is 11.9. The van der Waals surface area contributed by atoms with Crippen LogP contribution in [0.3, 0.4) is 0 Å². The molecule has 0 aliphatic rings. The van der Waals surface area contributed by atoms with E-state index in [1.54, 1.807) is 19.1 Å². The zero-order valence-electron chi connectivity index (χ0n) is 10.7. The first kappa shape index (κ1) is 14.7. The number of ether oxygens (including phenoxy) is 1. The first-order valence-corrected chi connectivity index (χ1v) is 7.56. The van der Waals surface area contributed by atoms with E-state index in [4.69, 9.17) is 10.00 Å². The summed E-state index contributed by atoms with van der Waals surface area (Å²) in [6, 6.07) is 9.36. The molecule has 0 fully saturated rings. The highest BCUT2D eigenvalue weighted by molar-refractivity contribution is 9.11. The molecule has 2 aromatic rings. The third kappa shape index (κ3) is 3.44. The molecule has 1 aromatic heterocycles. The molecule has 1 heterocycles. The fourth-order valence-corrected chi connectivity index (χ4v) is 3.14. The first-order chi connectivity index (χ1) is 9.63. The molecule has 0 aliphatic heterocycles. The summed E-state index contributed by atoms with van der Waals surface area (Å²) in [5, 5.41) is 8.90. The van der Waals surface area contributed by atoms with Gasteiger partial charge in [0, 0.05) is 6.42 Å². The van der Waals surface area contributed by atoms with E-state index in [1.807, 2.05) is 12.1 Å². The van der Waals surface area contributed by atoms with Crippen LogP contribution in [0.2, 0.25) is 0 Å².